The first-order valence-corrected chi connectivity index (χ1v) is 6.52. The Labute approximate surface area is 112 Å². The van der Waals surface area contributed by atoms with Gasteiger partial charge in [-0.3, -0.25) is 11.3 Å². The van der Waals surface area contributed by atoms with Crippen molar-refractivity contribution in [3.05, 3.63) is 41.7 Å². The molecule has 6 heteroatoms. The minimum absolute atomic E-state index is 0.203. The number of benzene rings is 1. The molecule has 1 aliphatic carbocycles. The molecule has 0 amide bonds. The Morgan fingerprint density at radius 2 is 2.21 bits per heavy atom. The minimum atomic E-state index is 0.203. The van der Waals surface area contributed by atoms with Crippen LogP contribution >= 0.6 is 0 Å². The Bertz CT molecular complexity index is 537. The molecule has 3 N–H and O–H groups in total. The quantitative estimate of drug-likeness (QED) is 0.599. The number of aryl methyl sites for hydroxylation is 1. The molecule has 3 unspecified atom stereocenters. The van der Waals surface area contributed by atoms with Crippen LogP contribution in [0.5, 0.6) is 0 Å². The van der Waals surface area contributed by atoms with Crippen molar-refractivity contribution in [3.63, 3.8) is 0 Å². The van der Waals surface area contributed by atoms with Crippen LogP contribution in [0.25, 0.3) is 0 Å². The van der Waals surface area contributed by atoms with E-state index < -0.39 is 0 Å². The van der Waals surface area contributed by atoms with E-state index in [-0.39, 0.29) is 6.04 Å². The molecule has 0 radical (unpaired) electrons. The molecular weight excluding hydrogens is 240 g/mol. The molecule has 1 aromatic heterocycles. The zero-order valence-corrected chi connectivity index (χ0v) is 10.9. The second-order valence-corrected chi connectivity index (χ2v) is 5.09. The normalized spacial score (nSPS) is 23.3. The van der Waals surface area contributed by atoms with E-state index in [1.807, 2.05) is 6.07 Å². The number of hydrogen-bond acceptors (Lipinski definition) is 5. The van der Waals surface area contributed by atoms with Crippen LogP contribution in [0.2, 0.25) is 0 Å². The number of tetrazole rings is 1. The van der Waals surface area contributed by atoms with Crippen LogP contribution < -0.4 is 11.3 Å². The van der Waals surface area contributed by atoms with E-state index in [0.29, 0.717) is 11.8 Å². The van der Waals surface area contributed by atoms with Crippen molar-refractivity contribution in [2.75, 3.05) is 0 Å². The molecule has 1 saturated carbocycles. The minimum Gasteiger partial charge on any atom is -0.271 e. The van der Waals surface area contributed by atoms with Crippen molar-refractivity contribution in [2.45, 2.75) is 24.8 Å². The van der Waals surface area contributed by atoms with Crippen molar-refractivity contribution in [1.82, 2.24) is 25.6 Å². The molecule has 6 nitrogen and oxygen atoms in total. The molecule has 100 valence electrons. The first kappa shape index (κ1) is 12.3. The van der Waals surface area contributed by atoms with Gasteiger partial charge in [-0.1, -0.05) is 30.3 Å². The van der Waals surface area contributed by atoms with Crippen LogP contribution in [-0.2, 0) is 13.5 Å². The number of nitrogens with zero attached hydrogens (tertiary/aromatic N) is 4. The molecule has 0 aliphatic heterocycles. The van der Waals surface area contributed by atoms with Crippen LogP contribution in [0.1, 0.15) is 23.7 Å². The van der Waals surface area contributed by atoms with E-state index in [1.54, 1.807) is 7.05 Å². The van der Waals surface area contributed by atoms with Gasteiger partial charge in [0.25, 0.3) is 0 Å². The fourth-order valence-corrected chi connectivity index (χ4v) is 2.68. The monoisotopic (exact) mass is 258 g/mol. The number of nitrogens with two attached hydrogens (primary N) is 1. The average Bonchev–Trinajstić information content (AvgIpc) is 3.13. The van der Waals surface area contributed by atoms with E-state index >= 15 is 0 Å². The Kier molecular flexibility index (Phi) is 3.27. The predicted molar refractivity (Wildman–Crippen MR) is 70.9 cm³/mol. The van der Waals surface area contributed by atoms with Crippen molar-refractivity contribution in [3.8, 4) is 0 Å². The number of aromatic nitrogens is 4. The average molecular weight is 258 g/mol. The Morgan fingerprint density at radius 3 is 2.84 bits per heavy atom. The molecule has 1 heterocycles. The lowest BCUT2D eigenvalue weighted by atomic mass is 10.0. The molecule has 3 rings (SSSR count). The van der Waals surface area contributed by atoms with Crippen LogP contribution in [0.4, 0.5) is 0 Å². The highest BCUT2D eigenvalue weighted by Gasteiger charge is 2.43. The highest BCUT2D eigenvalue weighted by Crippen LogP contribution is 2.49. The molecule has 3 atom stereocenters. The fourth-order valence-electron chi connectivity index (χ4n) is 2.68. The lowest BCUT2D eigenvalue weighted by molar-refractivity contribution is 0.455. The third-order valence-corrected chi connectivity index (χ3v) is 3.75. The Morgan fingerprint density at radius 1 is 1.42 bits per heavy atom. The van der Waals surface area contributed by atoms with E-state index in [4.69, 9.17) is 5.84 Å². The van der Waals surface area contributed by atoms with Crippen molar-refractivity contribution < 1.29 is 0 Å². The zero-order valence-electron chi connectivity index (χ0n) is 10.9. The van der Waals surface area contributed by atoms with Gasteiger partial charge in [-0.2, -0.15) is 4.80 Å². The predicted octanol–water partition coefficient (Wildman–Crippen LogP) is 0.388. The van der Waals surface area contributed by atoms with Gasteiger partial charge in [-0.25, -0.2) is 0 Å². The van der Waals surface area contributed by atoms with Gasteiger partial charge in [0, 0.05) is 12.5 Å². The first-order chi connectivity index (χ1) is 9.28. The van der Waals surface area contributed by atoms with Gasteiger partial charge in [-0.05, 0) is 29.0 Å². The van der Waals surface area contributed by atoms with Gasteiger partial charge < -0.3 is 0 Å². The number of rotatable bonds is 5. The van der Waals surface area contributed by atoms with E-state index in [2.05, 4.69) is 45.1 Å². The summed E-state index contributed by atoms with van der Waals surface area (Å²) in [7, 11) is 1.77. The van der Waals surface area contributed by atoms with Gasteiger partial charge in [0.1, 0.15) is 0 Å². The van der Waals surface area contributed by atoms with Crippen molar-refractivity contribution in [1.29, 1.82) is 0 Å². The van der Waals surface area contributed by atoms with Crippen molar-refractivity contribution in [2.24, 2.45) is 18.8 Å². The van der Waals surface area contributed by atoms with Gasteiger partial charge in [0.15, 0.2) is 5.82 Å². The second kappa shape index (κ2) is 5.07. The van der Waals surface area contributed by atoms with Crippen LogP contribution in [0.3, 0.4) is 0 Å². The summed E-state index contributed by atoms with van der Waals surface area (Å²) in [5.74, 6) is 7.56. The third-order valence-electron chi connectivity index (χ3n) is 3.75. The summed E-state index contributed by atoms with van der Waals surface area (Å²) in [6, 6.07) is 10.8. The topological polar surface area (TPSA) is 81.7 Å². The van der Waals surface area contributed by atoms with Gasteiger partial charge in [-0.15, -0.1) is 10.2 Å². The summed E-state index contributed by atoms with van der Waals surface area (Å²) in [5.41, 5.74) is 4.29. The Balaban J connectivity index is 1.65. The van der Waals surface area contributed by atoms with Gasteiger partial charge in [0.2, 0.25) is 0 Å². The zero-order chi connectivity index (χ0) is 13.2. The smallest absolute Gasteiger partial charge is 0.176 e. The van der Waals surface area contributed by atoms with Crippen molar-refractivity contribution >= 4 is 0 Å². The van der Waals surface area contributed by atoms with E-state index in [1.165, 1.54) is 16.8 Å². The molecule has 1 aromatic carbocycles. The fraction of sp³-hybridized carbons (Fsp3) is 0.462. The molecule has 0 bridgehead atoms. The van der Waals surface area contributed by atoms with E-state index in [9.17, 15) is 0 Å². The summed E-state index contributed by atoms with van der Waals surface area (Å²) in [6.07, 6.45) is 1.89. The summed E-state index contributed by atoms with van der Waals surface area (Å²) < 4.78 is 0. The largest absolute Gasteiger partial charge is 0.271 e. The first-order valence-electron chi connectivity index (χ1n) is 6.52. The second-order valence-electron chi connectivity index (χ2n) is 5.09. The standard InChI is InChI=1S/C13H18N6/c1-19-17-13(16-18-19)8-12(15-14)11-7-10(11)9-5-3-2-4-6-9/h2-6,10-12,15H,7-8,14H2,1H3. The maximum atomic E-state index is 5.68. The van der Waals surface area contributed by atoms with Gasteiger partial charge in [0.05, 0.1) is 7.05 Å². The molecular formula is C13H18N6. The molecule has 0 saturated heterocycles. The lowest BCUT2D eigenvalue weighted by Crippen LogP contribution is -2.39. The number of nitrogens with one attached hydrogen (secondary N) is 1. The van der Waals surface area contributed by atoms with Crippen LogP contribution in [-0.4, -0.2) is 26.2 Å². The molecule has 1 fully saturated rings. The third kappa shape index (κ3) is 2.64. The number of hydrazine groups is 1. The molecule has 2 aromatic rings. The highest BCUT2D eigenvalue weighted by atomic mass is 15.6. The molecule has 1 aliphatic rings. The summed E-state index contributed by atoms with van der Waals surface area (Å²) in [6.45, 7) is 0. The lowest BCUT2D eigenvalue weighted by Gasteiger charge is -2.13. The van der Waals surface area contributed by atoms with Gasteiger partial charge >= 0.3 is 0 Å². The molecule has 19 heavy (non-hydrogen) atoms. The molecule has 0 spiro atoms. The van der Waals surface area contributed by atoms with Crippen LogP contribution in [0.15, 0.2) is 30.3 Å². The highest BCUT2D eigenvalue weighted by molar-refractivity contribution is 5.26. The summed E-state index contributed by atoms with van der Waals surface area (Å²) in [5, 5.41) is 12.1. The summed E-state index contributed by atoms with van der Waals surface area (Å²) in [4.78, 5) is 1.48. The number of hydrogen-bond donors (Lipinski definition) is 2. The Hall–Kier alpha value is -1.79. The van der Waals surface area contributed by atoms with E-state index in [0.717, 1.165) is 12.2 Å². The maximum absolute atomic E-state index is 5.68. The van der Waals surface area contributed by atoms with Crippen LogP contribution in [0, 0.1) is 5.92 Å². The maximum Gasteiger partial charge on any atom is 0.176 e. The SMILES string of the molecule is Cn1nnc(CC(NN)C2CC2c2ccccc2)n1. The summed E-state index contributed by atoms with van der Waals surface area (Å²) >= 11 is 0.